The van der Waals surface area contributed by atoms with Crippen LogP contribution in [-0.2, 0) is 4.79 Å². The van der Waals surface area contributed by atoms with Gasteiger partial charge in [0.15, 0.2) is 0 Å². The fourth-order valence-electron chi connectivity index (χ4n) is 2.45. The lowest BCUT2D eigenvalue weighted by Gasteiger charge is -2.25. The number of esters is 1. The van der Waals surface area contributed by atoms with E-state index in [-0.39, 0.29) is 0 Å². The van der Waals surface area contributed by atoms with E-state index in [1.807, 2.05) is 60.7 Å². The Kier molecular flexibility index (Phi) is 5.91. The van der Waals surface area contributed by atoms with Gasteiger partial charge in [-0.1, -0.05) is 38.4 Å². The Morgan fingerprint density at radius 1 is 0.769 bits per heavy atom. The molecule has 26 heavy (non-hydrogen) atoms. The SMILES string of the molecule is C=CC(=O)Oc1ccc(N(c2ccc(Br)cc2)c2ccc(Br)cc2)cc1. The molecule has 0 saturated heterocycles. The second kappa shape index (κ2) is 8.34. The Morgan fingerprint density at radius 2 is 1.15 bits per heavy atom. The van der Waals surface area contributed by atoms with Crippen LogP contribution in [0.4, 0.5) is 17.1 Å². The molecule has 0 spiro atoms. The van der Waals surface area contributed by atoms with Gasteiger partial charge in [-0.25, -0.2) is 4.79 Å². The van der Waals surface area contributed by atoms with Gasteiger partial charge in [0.2, 0.25) is 0 Å². The first kappa shape index (κ1) is 18.4. The molecule has 0 atom stereocenters. The van der Waals surface area contributed by atoms with Crippen LogP contribution in [0.25, 0.3) is 0 Å². The molecule has 0 aliphatic rings. The van der Waals surface area contributed by atoms with Gasteiger partial charge in [-0.3, -0.25) is 0 Å². The van der Waals surface area contributed by atoms with Gasteiger partial charge in [-0.05, 0) is 72.8 Å². The highest BCUT2D eigenvalue weighted by Gasteiger charge is 2.13. The van der Waals surface area contributed by atoms with E-state index < -0.39 is 5.97 Å². The highest BCUT2D eigenvalue weighted by Crippen LogP contribution is 2.36. The van der Waals surface area contributed by atoms with Crippen molar-refractivity contribution in [3.05, 3.63) is 94.4 Å². The minimum absolute atomic E-state index is 0.476. The molecule has 0 aromatic heterocycles. The van der Waals surface area contributed by atoms with Gasteiger partial charge in [-0.2, -0.15) is 0 Å². The Labute approximate surface area is 169 Å². The van der Waals surface area contributed by atoms with Crippen LogP contribution in [0.1, 0.15) is 0 Å². The fourth-order valence-corrected chi connectivity index (χ4v) is 2.98. The molecular formula is C21H15Br2NO2. The molecule has 0 amide bonds. The minimum Gasteiger partial charge on any atom is -0.423 e. The van der Waals surface area contributed by atoms with Crippen molar-refractivity contribution in [2.24, 2.45) is 0 Å². The molecule has 0 aliphatic heterocycles. The second-order valence-corrected chi connectivity index (χ2v) is 7.24. The zero-order valence-corrected chi connectivity index (χ0v) is 16.9. The van der Waals surface area contributed by atoms with Crippen molar-refractivity contribution in [3.8, 4) is 5.75 Å². The lowest BCUT2D eigenvalue weighted by atomic mass is 10.2. The van der Waals surface area contributed by atoms with Crippen molar-refractivity contribution in [1.29, 1.82) is 0 Å². The summed E-state index contributed by atoms with van der Waals surface area (Å²) in [6.45, 7) is 3.41. The Balaban J connectivity index is 2.00. The third-order valence-electron chi connectivity index (χ3n) is 3.65. The summed E-state index contributed by atoms with van der Waals surface area (Å²) in [6, 6.07) is 23.5. The third kappa shape index (κ3) is 4.42. The zero-order chi connectivity index (χ0) is 18.5. The fraction of sp³-hybridized carbons (Fsp3) is 0. The van der Waals surface area contributed by atoms with Crippen molar-refractivity contribution in [2.75, 3.05) is 4.90 Å². The maximum absolute atomic E-state index is 11.3. The largest absolute Gasteiger partial charge is 0.423 e. The summed E-state index contributed by atoms with van der Waals surface area (Å²) in [5, 5.41) is 0. The van der Waals surface area contributed by atoms with Gasteiger partial charge < -0.3 is 9.64 Å². The van der Waals surface area contributed by atoms with E-state index in [1.165, 1.54) is 0 Å². The number of ether oxygens (including phenoxy) is 1. The zero-order valence-electron chi connectivity index (χ0n) is 13.7. The molecule has 3 aromatic carbocycles. The van der Waals surface area contributed by atoms with Crippen molar-refractivity contribution in [2.45, 2.75) is 0 Å². The summed E-state index contributed by atoms with van der Waals surface area (Å²) in [4.78, 5) is 13.5. The van der Waals surface area contributed by atoms with Crippen LogP contribution < -0.4 is 9.64 Å². The highest BCUT2D eigenvalue weighted by molar-refractivity contribution is 9.10. The van der Waals surface area contributed by atoms with Crippen LogP contribution in [0, 0.1) is 0 Å². The van der Waals surface area contributed by atoms with Crippen LogP contribution >= 0.6 is 31.9 Å². The van der Waals surface area contributed by atoms with Crippen LogP contribution in [0.15, 0.2) is 94.4 Å². The van der Waals surface area contributed by atoms with E-state index in [0.717, 1.165) is 32.1 Å². The van der Waals surface area contributed by atoms with Gasteiger partial charge in [-0.15, -0.1) is 0 Å². The first-order chi connectivity index (χ1) is 12.6. The summed E-state index contributed by atoms with van der Waals surface area (Å²) in [7, 11) is 0. The number of benzene rings is 3. The molecule has 3 aromatic rings. The van der Waals surface area contributed by atoms with Crippen molar-refractivity contribution < 1.29 is 9.53 Å². The molecule has 130 valence electrons. The van der Waals surface area contributed by atoms with Gasteiger partial charge >= 0.3 is 5.97 Å². The first-order valence-electron chi connectivity index (χ1n) is 7.82. The van der Waals surface area contributed by atoms with E-state index in [4.69, 9.17) is 4.74 Å². The molecule has 5 heteroatoms. The van der Waals surface area contributed by atoms with E-state index >= 15 is 0 Å². The number of nitrogens with zero attached hydrogens (tertiary/aromatic N) is 1. The minimum atomic E-state index is -0.476. The molecule has 0 aliphatic carbocycles. The summed E-state index contributed by atoms with van der Waals surface area (Å²) < 4.78 is 7.19. The Hall–Kier alpha value is -2.37. The summed E-state index contributed by atoms with van der Waals surface area (Å²) in [6.07, 6.45) is 1.14. The first-order valence-corrected chi connectivity index (χ1v) is 9.41. The number of hydrogen-bond donors (Lipinski definition) is 0. The number of carbonyl (C=O) groups is 1. The molecule has 3 nitrogen and oxygen atoms in total. The smallest absolute Gasteiger partial charge is 0.335 e. The standard InChI is InChI=1S/C21H15Br2NO2/c1-2-21(25)26-20-13-11-19(12-14-20)24(17-7-3-15(22)4-8-17)18-9-5-16(23)6-10-18/h2-14H,1H2. The predicted octanol–water partition coefficient (Wildman–Crippen LogP) is 6.77. The van der Waals surface area contributed by atoms with Crippen molar-refractivity contribution in [3.63, 3.8) is 0 Å². The molecule has 0 fully saturated rings. The van der Waals surface area contributed by atoms with Gasteiger partial charge in [0.25, 0.3) is 0 Å². The van der Waals surface area contributed by atoms with Crippen LogP contribution in [0.3, 0.4) is 0 Å². The lowest BCUT2D eigenvalue weighted by molar-refractivity contribution is -0.128. The molecule has 0 unspecified atom stereocenters. The summed E-state index contributed by atoms with van der Waals surface area (Å²) in [5.41, 5.74) is 2.99. The number of halogens is 2. The van der Waals surface area contributed by atoms with E-state index in [2.05, 4.69) is 43.3 Å². The highest BCUT2D eigenvalue weighted by atomic mass is 79.9. The Bertz CT molecular complexity index is 859. The van der Waals surface area contributed by atoms with Gasteiger partial charge in [0, 0.05) is 32.1 Å². The maximum Gasteiger partial charge on any atom is 0.335 e. The van der Waals surface area contributed by atoms with E-state index in [0.29, 0.717) is 5.75 Å². The molecule has 0 bridgehead atoms. The van der Waals surface area contributed by atoms with Gasteiger partial charge in [0.1, 0.15) is 5.75 Å². The summed E-state index contributed by atoms with van der Waals surface area (Å²) >= 11 is 6.95. The van der Waals surface area contributed by atoms with Crippen LogP contribution in [0.5, 0.6) is 5.75 Å². The number of hydrogen-bond acceptors (Lipinski definition) is 3. The van der Waals surface area contributed by atoms with E-state index in [1.54, 1.807) is 12.1 Å². The predicted molar refractivity (Wildman–Crippen MR) is 112 cm³/mol. The summed E-state index contributed by atoms with van der Waals surface area (Å²) in [5.74, 6) is 0.000590. The number of anilines is 3. The normalized spacial score (nSPS) is 10.2. The molecule has 0 saturated carbocycles. The van der Waals surface area contributed by atoms with Crippen molar-refractivity contribution >= 4 is 54.9 Å². The van der Waals surface area contributed by atoms with Gasteiger partial charge in [0.05, 0.1) is 0 Å². The average Bonchev–Trinajstić information content (AvgIpc) is 2.66. The van der Waals surface area contributed by atoms with Crippen LogP contribution in [-0.4, -0.2) is 5.97 Å². The number of rotatable bonds is 5. The molecule has 0 heterocycles. The molecular weight excluding hydrogens is 458 g/mol. The van der Waals surface area contributed by atoms with Crippen molar-refractivity contribution in [1.82, 2.24) is 0 Å². The third-order valence-corrected chi connectivity index (χ3v) is 4.71. The Morgan fingerprint density at radius 3 is 1.54 bits per heavy atom. The maximum atomic E-state index is 11.3. The van der Waals surface area contributed by atoms with Crippen LogP contribution in [0.2, 0.25) is 0 Å². The lowest BCUT2D eigenvalue weighted by Crippen LogP contribution is -2.10. The molecule has 0 radical (unpaired) electrons. The molecule has 0 N–H and O–H groups in total. The quantitative estimate of drug-likeness (QED) is 0.233. The second-order valence-electron chi connectivity index (χ2n) is 5.41. The number of carbonyl (C=O) groups excluding carboxylic acids is 1. The topological polar surface area (TPSA) is 29.5 Å². The molecule has 3 rings (SSSR count). The van der Waals surface area contributed by atoms with E-state index in [9.17, 15) is 4.79 Å². The monoisotopic (exact) mass is 471 g/mol. The average molecular weight is 473 g/mol.